The molecule has 8 nitrogen and oxygen atoms in total. The number of carbonyl (C=O) groups excluding carboxylic acids is 2. The van der Waals surface area contributed by atoms with E-state index in [1.165, 1.54) is 24.1 Å². The Labute approximate surface area is 252 Å². The Kier molecular flexibility index (Phi) is 11.5. The van der Waals surface area contributed by atoms with E-state index in [2.05, 4.69) is 5.32 Å². The van der Waals surface area contributed by atoms with Crippen LogP contribution in [-0.4, -0.2) is 50.9 Å². The Morgan fingerprint density at radius 1 is 0.951 bits per heavy atom. The molecular weight excluding hydrogens is 585 g/mol. The van der Waals surface area contributed by atoms with Crippen molar-refractivity contribution >= 4 is 50.7 Å². The lowest BCUT2D eigenvalue weighted by Crippen LogP contribution is -2.53. The summed E-state index contributed by atoms with van der Waals surface area (Å²) in [6.07, 6.45) is 1.00. The molecule has 0 spiro atoms. The van der Waals surface area contributed by atoms with Gasteiger partial charge in [0.1, 0.15) is 18.3 Å². The summed E-state index contributed by atoms with van der Waals surface area (Å²) in [5, 5.41) is 3.70. The summed E-state index contributed by atoms with van der Waals surface area (Å²) in [4.78, 5) is 28.9. The number of hydrogen-bond acceptors (Lipinski definition) is 5. The Hall–Kier alpha value is -3.27. The number of nitrogens with zero attached hydrogens (tertiary/aromatic N) is 2. The SMILES string of the molecule is CCC(C)NC(=O)C(CC)N(Cc1ccc(Cl)cc1Cl)C(=O)CN(c1cccc(OC)c1)S(=O)(=O)c1ccccc1. The molecule has 0 saturated carbocycles. The maximum atomic E-state index is 14.1. The van der Waals surface area contributed by atoms with E-state index in [1.807, 2.05) is 13.8 Å². The lowest BCUT2D eigenvalue weighted by Gasteiger charge is -2.34. The minimum Gasteiger partial charge on any atom is -0.497 e. The van der Waals surface area contributed by atoms with Crippen LogP contribution in [0.1, 0.15) is 39.2 Å². The lowest BCUT2D eigenvalue weighted by atomic mass is 10.1. The second-order valence-corrected chi connectivity index (χ2v) is 12.2. The summed E-state index contributed by atoms with van der Waals surface area (Å²) < 4.78 is 34.1. The molecule has 2 amide bonds. The van der Waals surface area contributed by atoms with Crippen LogP contribution < -0.4 is 14.4 Å². The molecule has 0 aliphatic heterocycles. The van der Waals surface area contributed by atoms with Gasteiger partial charge in [0.2, 0.25) is 11.8 Å². The van der Waals surface area contributed by atoms with Gasteiger partial charge in [0, 0.05) is 28.7 Å². The molecule has 2 atom stereocenters. The van der Waals surface area contributed by atoms with Crippen molar-refractivity contribution in [3.05, 3.63) is 88.4 Å². The first kappa shape index (κ1) is 32.2. The van der Waals surface area contributed by atoms with Crippen LogP contribution in [0.25, 0.3) is 0 Å². The zero-order chi connectivity index (χ0) is 30.2. The maximum absolute atomic E-state index is 14.1. The van der Waals surface area contributed by atoms with Gasteiger partial charge in [-0.1, -0.05) is 67.4 Å². The van der Waals surface area contributed by atoms with E-state index in [0.29, 0.717) is 34.2 Å². The van der Waals surface area contributed by atoms with E-state index >= 15 is 0 Å². The molecule has 3 aromatic carbocycles. The fourth-order valence-electron chi connectivity index (χ4n) is 4.21. The predicted molar refractivity (Wildman–Crippen MR) is 163 cm³/mol. The molecular formula is C30H35Cl2N3O5S. The Bertz CT molecular complexity index is 1450. The standard InChI is InChI=1S/C30H35Cl2N3O5S/c1-5-21(3)33-30(37)28(6-2)34(19-22-15-16-23(31)17-27(22)32)29(36)20-35(24-11-10-12-25(18-24)40-4)41(38,39)26-13-8-7-9-14-26/h7-18,21,28H,5-6,19-20H2,1-4H3,(H,33,37). The molecule has 0 bridgehead atoms. The smallest absolute Gasteiger partial charge is 0.264 e. The van der Waals surface area contributed by atoms with Gasteiger partial charge in [-0.3, -0.25) is 13.9 Å². The van der Waals surface area contributed by atoms with E-state index in [1.54, 1.807) is 67.6 Å². The van der Waals surface area contributed by atoms with Gasteiger partial charge < -0.3 is 15.0 Å². The van der Waals surface area contributed by atoms with Crippen molar-refractivity contribution in [1.82, 2.24) is 10.2 Å². The zero-order valence-electron chi connectivity index (χ0n) is 23.5. The summed E-state index contributed by atoms with van der Waals surface area (Å²) >= 11 is 12.5. The van der Waals surface area contributed by atoms with Gasteiger partial charge in [-0.15, -0.1) is 0 Å². The van der Waals surface area contributed by atoms with Crippen LogP contribution in [-0.2, 0) is 26.2 Å². The Balaban J connectivity index is 2.09. The molecule has 220 valence electrons. The number of benzene rings is 3. The number of anilines is 1. The van der Waals surface area contributed by atoms with Gasteiger partial charge in [0.15, 0.2) is 0 Å². The number of rotatable bonds is 13. The number of methoxy groups -OCH3 is 1. The van der Waals surface area contributed by atoms with Crippen LogP contribution in [0.4, 0.5) is 5.69 Å². The first-order valence-electron chi connectivity index (χ1n) is 13.3. The van der Waals surface area contributed by atoms with Crippen LogP contribution in [0.3, 0.4) is 0 Å². The van der Waals surface area contributed by atoms with Crippen molar-refractivity contribution in [1.29, 1.82) is 0 Å². The minimum absolute atomic E-state index is 0.0180. The van der Waals surface area contributed by atoms with E-state index < -0.39 is 28.5 Å². The predicted octanol–water partition coefficient (Wildman–Crippen LogP) is 5.92. The summed E-state index contributed by atoms with van der Waals surface area (Å²) in [6.45, 7) is 5.03. The Morgan fingerprint density at radius 2 is 1.66 bits per heavy atom. The van der Waals surface area contributed by atoms with Gasteiger partial charge in [0.25, 0.3) is 10.0 Å². The monoisotopic (exact) mass is 619 g/mol. The minimum atomic E-state index is -4.18. The summed E-state index contributed by atoms with van der Waals surface area (Å²) in [5.74, 6) is -0.490. The fourth-order valence-corrected chi connectivity index (χ4v) is 6.10. The van der Waals surface area contributed by atoms with Crippen molar-refractivity contribution in [3.8, 4) is 5.75 Å². The van der Waals surface area contributed by atoms with Gasteiger partial charge in [-0.2, -0.15) is 0 Å². The van der Waals surface area contributed by atoms with E-state index in [0.717, 1.165) is 4.31 Å². The fraction of sp³-hybridized carbons (Fsp3) is 0.333. The number of amides is 2. The highest BCUT2D eigenvalue weighted by atomic mass is 35.5. The normalized spacial score (nSPS) is 12.7. The molecule has 0 aliphatic rings. The topological polar surface area (TPSA) is 96.0 Å². The highest BCUT2D eigenvalue weighted by Crippen LogP contribution is 2.28. The van der Waals surface area contributed by atoms with Gasteiger partial charge in [0.05, 0.1) is 17.7 Å². The molecule has 0 fully saturated rings. The highest BCUT2D eigenvalue weighted by Gasteiger charge is 2.34. The maximum Gasteiger partial charge on any atom is 0.264 e. The number of hydrogen-bond donors (Lipinski definition) is 1. The lowest BCUT2D eigenvalue weighted by molar-refractivity contribution is -0.140. The van der Waals surface area contributed by atoms with Gasteiger partial charge in [-0.05, 0) is 61.7 Å². The molecule has 2 unspecified atom stereocenters. The molecule has 0 radical (unpaired) electrons. The molecule has 3 aromatic rings. The second-order valence-electron chi connectivity index (χ2n) is 9.53. The van der Waals surface area contributed by atoms with Crippen molar-refractivity contribution in [2.24, 2.45) is 0 Å². The van der Waals surface area contributed by atoms with E-state index in [4.69, 9.17) is 27.9 Å². The number of nitrogens with one attached hydrogen (secondary N) is 1. The first-order chi connectivity index (χ1) is 19.5. The molecule has 0 saturated heterocycles. The molecule has 3 rings (SSSR count). The molecule has 1 N–H and O–H groups in total. The van der Waals surface area contributed by atoms with Crippen LogP contribution in [0, 0.1) is 0 Å². The summed E-state index contributed by atoms with van der Waals surface area (Å²) in [5.41, 5.74) is 0.807. The quantitative estimate of drug-likeness (QED) is 0.256. The van der Waals surface area contributed by atoms with Gasteiger partial charge in [-0.25, -0.2) is 8.42 Å². The van der Waals surface area contributed by atoms with E-state index in [9.17, 15) is 18.0 Å². The second kappa shape index (κ2) is 14.6. The Morgan fingerprint density at radius 3 is 2.27 bits per heavy atom. The van der Waals surface area contributed by atoms with Crippen LogP contribution in [0.2, 0.25) is 10.0 Å². The zero-order valence-corrected chi connectivity index (χ0v) is 25.8. The average molecular weight is 621 g/mol. The average Bonchev–Trinajstić information content (AvgIpc) is 2.97. The third-order valence-electron chi connectivity index (χ3n) is 6.69. The molecule has 41 heavy (non-hydrogen) atoms. The van der Waals surface area contributed by atoms with Crippen molar-refractivity contribution in [3.63, 3.8) is 0 Å². The van der Waals surface area contributed by atoms with Crippen molar-refractivity contribution in [2.75, 3.05) is 18.0 Å². The van der Waals surface area contributed by atoms with Crippen LogP contribution >= 0.6 is 23.2 Å². The third kappa shape index (κ3) is 8.15. The third-order valence-corrected chi connectivity index (χ3v) is 9.07. The van der Waals surface area contributed by atoms with Gasteiger partial charge >= 0.3 is 0 Å². The number of carbonyl (C=O) groups is 2. The number of ether oxygens (including phenoxy) is 1. The van der Waals surface area contributed by atoms with Crippen molar-refractivity contribution < 1.29 is 22.7 Å². The molecule has 0 heterocycles. The van der Waals surface area contributed by atoms with E-state index in [-0.39, 0.29) is 29.1 Å². The highest BCUT2D eigenvalue weighted by molar-refractivity contribution is 7.92. The molecule has 0 aliphatic carbocycles. The molecule has 0 aromatic heterocycles. The summed E-state index contributed by atoms with van der Waals surface area (Å²) in [7, 11) is -2.71. The van der Waals surface area contributed by atoms with Crippen LogP contribution in [0.5, 0.6) is 5.75 Å². The number of halogens is 2. The van der Waals surface area contributed by atoms with Crippen LogP contribution in [0.15, 0.2) is 77.7 Å². The largest absolute Gasteiger partial charge is 0.497 e. The van der Waals surface area contributed by atoms with Crippen molar-refractivity contribution in [2.45, 2.75) is 57.1 Å². The number of sulfonamides is 1. The summed E-state index contributed by atoms with van der Waals surface area (Å²) in [6, 6.07) is 18.2. The first-order valence-corrected chi connectivity index (χ1v) is 15.5. The molecule has 11 heteroatoms.